The molecule has 0 bridgehead atoms. The van der Waals surface area contributed by atoms with Crippen LogP contribution in [-0.4, -0.2) is 27.9 Å². The van der Waals surface area contributed by atoms with Crippen LogP contribution in [0, 0.1) is 0 Å². The Hall–Kier alpha value is -1.75. The van der Waals surface area contributed by atoms with E-state index >= 15 is 0 Å². The van der Waals surface area contributed by atoms with Gasteiger partial charge in [0.2, 0.25) is 11.5 Å². The Bertz CT molecular complexity index is 402. The number of para-hydroxylation sites is 1. The van der Waals surface area contributed by atoms with E-state index in [9.17, 15) is 9.90 Å². The number of Topliss-reactive ketones (excluding diaryl/α,β-unsaturated/α-hetero) is 1. The fourth-order valence-electron chi connectivity index (χ4n) is 1.49. The third-order valence-corrected chi connectivity index (χ3v) is 2.21. The molecule has 0 radical (unpaired) electrons. The smallest absolute Gasteiger partial charge is 0.308 e. The fraction of sp³-hybridized carbons (Fsp3) is 0.300. The van der Waals surface area contributed by atoms with Gasteiger partial charge >= 0.3 is 12.3 Å². The topological polar surface area (TPSA) is 61.9 Å². The van der Waals surface area contributed by atoms with Crippen molar-refractivity contribution in [1.29, 1.82) is 0 Å². The normalized spacial score (nSPS) is 24.5. The summed E-state index contributed by atoms with van der Waals surface area (Å²) in [5, 5.41) is 13.1. The number of ketones is 1. The number of hydrogen-bond acceptors (Lipinski definition) is 4. The number of rotatable bonds is 2. The first-order valence-corrected chi connectivity index (χ1v) is 4.60. The highest BCUT2D eigenvalue weighted by Gasteiger charge is 2.45. The van der Waals surface area contributed by atoms with Gasteiger partial charge in [-0.1, -0.05) is 18.2 Å². The zero-order valence-electron chi connectivity index (χ0n) is 8.20. The van der Waals surface area contributed by atoms with Crippen molar-refractivity contribution >= 4 is 11.5 Å². The molecule has 1 heterocycles. The SMILES string of the molecule is CC(=O)C1C(O)ON=[N+]1c1ccccc1. The molecule has 1 N–H and O–H groups in total. The molecule has 1 aromatic carbocycles. The van der Waals surface area contributed by atoms with Crippen LogP contribution in [0.15, 0.2) is 35.6 Å². The number of carbonyl (C=O) groups is 1. The number of aliphatic hydroxyl groups excluding tert-OH is 1. The predicted octanol–water partition coefficient (Wildman–Crippen LogP) is 1.00. The molecule has 5 heteroatoms. The Labute approximate surface area is 86.6 Å². The minimum Gasteiger partial charge on any atom is -0.351 e. The van der Waals surface area contributed by atoms with Gasteiger partial charge in [0.1, 0.15) is 0 Å². The minimum atomic E-state index is -1.19. The molecular formula is C10H11N2O3+. The lowest BCUT2D eigenvalue weighted by atomic mass is 10.2. The highest BCUT2D eigenvalue weighted by molar-refractivity contribution is 5.80. The Balaban J connectivity index is 2.34. The molecular weight excluding hydrogens is 196 g/mol. The van der Waals surface area contributed by atoms with Crippen molar-refractivity contribution in [3.63, 3.8) is 0 Å². The number of aliphatic hydroxyl groups is 1. The standard InChI is InChI=1S/C10H11N2O3/c1-7(13)9-10(14)15-11-12(9)8-5-3-2-4-6-8/h2-6,9-10,14H,1H3/q+1. The summed E-state index contributed by atoms with van der Waals surface area (Å²) >= 11 is 0. The van der Waals surface area contributed by atoms with Crippen LogP contribution in [0.3, 0.4) is 0 Å². The maximum absolute atomic E-state index is 11.3. The van der Waals surface area contributed by atoms with Crippen molar-refractivity contribution in [1.82, 2.24) is 0 Å². The second-order valence-electron chi connectivity index (χ2n) is 3.31. The molecule has 2 rings (SSSR count). The molecule has 0 saturated carbocycles. The van der Waals surface area contributed by atoms with Gasteiger partial charge in [0.25, 0.3) is 0 Å². The zero-order valence-corrected chi connectivity index (χ0v) is 8.20. The number of hydrogen-bond donors (Lipinski definition) is 1. The van der Waals surface area contributed by atoms with E-state index < -0.39 is 12.3 Å². The molecule has 15 heavy (non-hydrogen) atoms. The second-order valence-corrected chi connectivity index (χ2v) is 3.31. The molecule has 1 aliphatic heterocycles. The molecule has 2 atom stereocenters. The molecule has 1 aliphatic rings. The zero-order chi connectivity index (χ0) is 10.8. The van der Waals surface area contributed by atoms with Crippen molar-refractivity contribution < 1.29 is 19.4 Å². The van der Waals surface area contributed by atoms with Crippen LogP contribution in [0.1, 0.15) is 6.92 Å². The van der Waals surface area contributed by atoms with Gasteiger partial charge in [-0.2, -0.15) is 0 Å². The highest BCUT2D eigenvalue weighted by Crippen LogP contribution is 2.22. The van der Waals surface area contributed by atoms with Crippen LogP contribution in [0.2, 0.25) is 0 Å². The molecule has 78 valence electrons. The lowest BCUT2D eigenvalue weighted by Crippen LogP contribution is -2.35. The highest BCUT2D eigenvalue weighted by atomic mass is 16.7. The Kier molecular flexibility index (Phi) is 2.47. The summed E-state index contributed by atoms with van der Waals surface area (Å²) in [7, 11) is 0. The van der Waals surface area contributed by atoms with Crippen LogP contribution < -0.4 is 0 Å². The van der Waals surface area contributed by atoms with Gasteiger partial charge in [-0.3, -0.25) is 4.79 Å². The molecule has 1 aromatic rings. The Morgan fingerprint density at radius 2 is 2.13 bits per heavy atom. The molecule has 0 saturated heterocycles. The van der Waals surface area contributed by atoms with E-state index in [0.29, 0.717) is 5.69 Å². The fourth-order valence-corrected chi connectivity index (χ4v) is 1.49. The van der Waals surface area contributed by atoms with Gasteiger partial charge in [-0.05, 0) is 4.70 Å². The maximum atomic E-state index is 11.3. The summed E-state index contributed by atoms with van der Waals surface area (Å²) in [6, 6.07) is 8.34. The number of nitrogens with zero attached hydrogens (tertiary/aromatic N) is 2. The molecule has 5 nitrogen and oxygen atoms in total. The van der Waals surface area contributed by atoms with E-state index in [1.807, 2.05) is 18.2 Å². The summed E-state index contributed by atoms with van der Waals surface area (Å²) in [5.74, 6) is -0.187. The third kappa shape index (κ3) is 1.73. The van der Waals surface area contributed by atoms with E-state index in [2.05, 4.69) is 10.1 Å². The molecule has 0 aromatic heterocycles. The van der Waals surface area contributed by atoms with E-state index in [1.165, 1.54) is 11.6 Å². The summed E-state index contributed by atoms with van der Waals surface area (Å²) in [5.41, 5.74) is 0.717. The lowest BCUT2D eigenvalue weighted by molar-refractivity contribution is -0.533. The van der Waals surface area contributed by atoms with Crippen LogP contribution >= 0.6 is 0 Å². The second kappa shape index (κ2) is 3.78. The van der Waals surface area contributed by atoms with Crippen molar-refractivity contribution in [2.24, 2.45) is 5.28 Å². The monoisotopic (exact) mass is 207 g/mol. The summed E-state index contributed by atoms with van der Waals surface area (Å²) < 4.78 is 1.38. The van der Waals surface area contributed by atoms with Crippen LogP contribution in [0.5, 0.6) is 0 Å². The first-order chi connectivity index (χ1) is 7.20. The molecule has 0 fully saturated rings. The quantitative estimate of drug-likeness (QED) is 0.736. The van der Waals surface area contributed by atoms with Crippen molar-refractivity contribution in [2.75, 3.05) is 0 Å². The van der Waals surface area contributed by atoms with Crippen molar-refractivity contribution in [3.05, 3.63) is 30.3 Å². The predicted molar refractivity (Wildman–Crippen MR) is 50.4 cm³/mol. The minimum absolute atomic E-state index is 0.187. The Morgan fingerprint density at radius 3 is 2.73 bits per heavy atom. The van der Waals surface area contributed by atoms with E-state index in [0.717, 1.165) is 0 Å². The van der Waals surface area contributed by atoms with E-state index in [-0.39, 0.29) is 5.78 Å². The lowest BCUT2D eigenvalue weighted by Gasteiger charge is -2.03. The van der Waals surface area contributed by atoms with Crippen molar-refractivity contribution in [2.45, 2.75) is 19.3 Å². The van der Waals surface area contributed by atoms with Crippen LogP contribution in [0.25, 0.3) is 0 Å². The first-order valence-electron chi connectivity index (χ1n) is 4.60. The van der Waals surface area contributed by atoms with Gasteiger partial charge in [-0.25, -0.2) is 0 Å². The average Bonchev–Trinajstić information content (AvgIpc) is 2.61. The number of carbonyl (C=O) groups excluding carboxylic acids is 1. The van der Waals surface area contributed by atoms with Gasteiger partial charge in [0.15, 0.2) is 5.28 Å². The largest absolute Gasteiger partial charge is 0.351 e. The van der Waals surface area contributed by atoms with E-state index in [4.69, 9.17) is 0 Å². The molecule has 0 spiro atoms. The Morgan fingerprint density at radius 1 is 1.47 bits per heavy atom. The maximum Gasteiger partial charge on any atom is 0.308 e. The average molecular weight is 207 g/mol. The summed E-state index contributed by atoms with van der Waals surface area (Å²) in [6.45, 7) is 1.40. The number of benzene rings is 1. The van der Waals surface area contributed by atoms with Crippen LogP contribution in [0.4, 0.5) is 5.69 Å². The molecule has 0 aliphatic carbocycles. The first kappa shape index (κ1) is 9.79. The van der Waals surface area contributed by atoms with Gasteiger partial charge in [0, 0.05) is 19.1 Å². The van der Waals surface area contributed by atoms with Crippen molar-refractivity contribution in [3.8, 4) is 0 Å². The van der Waals surface area contributed by atoms with Gasteiger partial charge in [-0.15, -0.1) is 0 Å². The van der Waals surface area contributed by atoms with E-state index in [1.54, 1.807) is 12.1 Å². The van der Waals surface area contributed by atoms with Crippen LogP contribution in [-0.2, 0) is 9.63 Å². The third-order valence-electron chi connectivity index (χ3n) is 2.21. The molecule has 0 amide bonds. The summed E-state index contributed by atoms with van der Waals surface area (Å²) in [6.07, 6.45) is -1.19. The molecule has 2 unspecified atom stereocenters. The summed E-state index contributed by atoms with van der Waals surface area (Å²) in [4.78, 5) is 16.0. The van der Waals surface area contributed by atoms with Gasteiger partial charge in [0.05, 0.1) is 0 Å². The van der Waals surface area contributed by atoms with Gasteiger partial charge < -0.3 is 9.94 Å².